The van der Waals surface area contributed by atoms with Crippen LogP contribution in [0.1, 0.15) is 5.56 Å². The van der Waals surface area contributed by atoms with Crippen molar-refractivity contribution in [1.82, 2.24) is 10.2 Å². The number of amides is 2. The molecule has 0 radical (unpaired) electrons. The first kappa shape index (κ1) is 17.4. The van der Waals surface area contributed by atoms with E-state index >= 15 is 0 Å². The number of carbonyl (C=O) groups excluding carboxylic acids is 1. The van der Waals surface area contributed by atoms with Crippen molar-refractivity contribution in [2.24, 2.45) is 0 Å². The van der Waals surface area contributed by atoms with Crippen molar-refractivity contribution in [3.63, 3.8) is 0 Å². The molecule has 0 unspecified atom stereocenters. The van der Waals surface area contributed by atoms with Gasteiger partial charge in [-0.15, -0.1) is 0 Å². The maximum Gasteiger partial charge on any atom is 0.334 e. The van der Waals surface area contributed by atoms with E-state index in [0.717, 1.165) is 10.5 Å². The third-order valence-corrected chi connectivity index (χ3v) is 2.96. The summed E-state index contributed by atoms with van der Waals surface area (Å²) in [6.07, 6.45) is -1.63. The Labute approximate surface area is 127 Å². The summed E-state index contributed by atoms with van der Waals surface area (Å²) in [6.45, 7) is -0.446. The fourth-order valence-corrected chi connectivity index (χ4v) is 1.73. The lowest BCUT2D eigenvalue weighted by molar-refractivity contribution is -0.147. The van der Waals surface area contributed by atoms with Gasteiger partial charge in [-0.1, -0.05) is 30.3 Å². The lowest BCUT2D eigenvalue weighted by Gasteiger charge is -2.22. The van der Waals surface area contributed by atoms with Crippen LogP contribution in [0.4, 0.5) is 4.79 Å². The molecule has 2 atom stereocenters. The molecule has 0 saturated heterocycles. The average Bonchev–Trinajstić information content (AvgIpc) is 2.47. The summed E-state index contributed by atoms with van der Waals surface area (Å²) < 4.78 is 0. The third kappa shape index (κ3) is 5.41. The van der Waals surface area contributed by atoms with Gasteiger partial charge in [0.2, 0.25) is 0 Å². The zero-order chi connectivity index (χ0) is 16.7. The van der Waals surface area contributed by atoms with Gasteiger partial charge in [0.1, 0.15) is 6.04 Å². The van der Waals surface area contributed by atoms with Gasteiger partial charge in [-0.3, -0.25) is 0 Å². The van der Waals surface area contributed by atoms with Crippen molar-refractivity contribution >= 4 is 18.0 Å². The fourth-order valence-electron chi connectivity index (χ4n) is 1.73. The number of benzene rings is 1. The number of nitrogens with one attached hydrogen (secondary N) is 1. The van der Waals surface area contributed by atoms with E-state index in [1.54, 1.807) is 30.3 Å². The molecule has 22 heavy (non-hydrogen) atoms. The smallest absolute Gasteiger partial charge is 0.334 e. The highest BCUT2D eigenvalue weighted by molar-refractivity contribution is 5.83. The Morgan fingerprint density at radius 1 is 1.14 bits per heavy atom. The van der Waals surface area contributed by atoms with Gasteiger partial charge in [0.25, 0.3) is 0 Å². The summed E-state index contributed by atoms with van der Waals surface area (Å²) in [5, 5.41) is 29.2. The van der Waals surface area contributed by atoms with Crippen LogP contribution in [-0.2, 0) is 16.0 Å². The minimum atomic E-state index is -1.73. The van der Waals surface area contributed by atoms with E-state index in [4.69, 9.17) is 10.2 Å². The standard InChI is InChI=1S/C14H18N2O6/c1-16(8-11(17)13(20)21)14(22)15-10(12(18)19)7-9-5-3-2-4-6-9/h2-6,10-11,17H,7-8H2,1H3,(H,15,22)(H,18,19)(H,20,21)/t10-,11-/m0/s1. The summed E-state index contributed by atoms with van der Waals surface area (Å²) in [4.78, 5) is 34.5. The highest BCUT2D eigenvalue weighted by Crippen LogP contribution is 2.04. The summed E-state index contributed by atoms with van der Waals surface area (Å²) in [5.41, 5.74) is 0.739. The number of hydrogen-bond acceptors (Lipinski definition) is 4. The molecule has 0 bridgehead atoms. The summed E-state index contributed by atoms with van der Waals surface area (Å²) >= 11 is 0. The summed E-state index contributed by atoms with van der Waals surface area (Å²) in [6, 6.07) is 6.85. The number of carboxylic acids is 2. The molecule has 0 spiro atoms. The number of carbonyl (C=O) groups is 3. The molecule has 8 nitrogen and oxygen atoms in total. The van der Waals surface area contributed by atoms with Gasteiger partial charge in [0.05, 0.1) is 6.54 Å². The lowest BCUT2D eigenvalue weighted by Crippen LogP contribution is -2.50. The lowest BCUT2D eigenvalue weighted by atomic mass is 10.1. The van der Waals surface area contributed by atoms with Crippen molar-refractivity contribution in [3.8, 4) is 0 Å². The number of aliphatic carboxylic acids is 2. The zero-order valence-corrected chi connectivity index (χ0v) is 12.0. The maximum atomic E-state index is 11.9. The van der Waals surface area contributed by atoms with Crippen LogP contribution in [0.5, 0.6) is 0 Å². The van der Waals surface area contributed by atoms with Gasteiger partial charge < -0.3 is 25.5 Å². The molecule has 1 rings (SSSR count). The maximum absolute atomic E-state index is 11.9. The first-order valence-corrected chi connectivity index (χ1v) is 6.50. The number of likely N-dealkylation sites (N-methyl/N-ethyl adjacent to an activating group) is 1. The summed E-state index contributed by atoms with van der Waals surface area (Å²) in [5.74, 6) is -2.66. The van der Waals surface area contributed by atoms with Crippen LogP contribution in [0.25, 0.3) is 0 Å². The SMILES string of the molecule is CN(C[C@H](O)C(=O)O)C(=O)N[C@@H](Cc1ccccc1)C(=O)O. The van der Waals surface area contributed by atoms with Crippen LogP contribution in [0.2, 0.25) is 0 Å². The first-order valence-electron chi connectivity index (χ1n) is 6.50. The van der Waals surface area contributed by atoms with E-state index < -0.39 is 36.7 Å². The number of nitrogens with zero attached hydrogens (tertiary/aromatic N) is 1. The number of aliphatic hydroxyl groups is 1. The van der Waals surface area contributed by atoms with E-state index in [0.29, 0.717) is 0 Å². The number of rotatable bonds is 7. The van der Waals surface area contributed by atoms with Gasteiger partial charge in [-0.2, -0.15) is 0 Å². The van der Waals surface area contributed by atoms with Crippen LogP contribution in [0, 0.1) is 0 Å². The van der Waals surface area contributed by atoms with Gasteiger partial charge >= 0.3 is 18.0 Å². The molecule has 0 aliphatic heterocycles. The Hall–Kier alpha value is -2.61. The highest BCUT2D eigenvalue weighted by Gasteiger charge is 2.24. The van der Waals surface area contributed by atoms with E-state index in [2.05, 4.69) is 5.32 Å². The second-order valence-electron chi connectivity index (χ2n) is 4.76. The van der Waals surface area contributed by atoms with Gasteiger partial charge in [-0.05, 0) is 5.56 Å². The Morgan fingerprint density at radius 3 is 2.23 bits per heavy atom. The molecule has 0 aromatic heterocycles. The number of carboxylic acid groups (broad SMARTS) is 2. The predicted molar refractivity (Wildman–Crippen MR) is 76.4 cm³/mol. The van der Waals surface area contributed by atoms with Crippen LogP contribution in [-0.4, -0.2) is 63.9 Å². The van der Waals surface area contributed by atoms with Gasteiger partial charge in [-0.25, -0.2) is 14.4 Å². The molecule has 8 heteroatoms. The number of aliphatic hydroxyl groups excluding tert-OH is 1. The molecule has 1 aromatic rings. The second-order valence-corrected chi connectivity index (χ2v) is 4.76. The van der Waals surface area contributed by atoms with Crippen molar-refractivity contribution < 1.29 is 29.7 Å². The summed E-state index contributed by atoms with van der Waals surface area (Å²) in [7, 11) is 1.27. The molecule has 0 aliphatic carbocycles. The predicted octanol–water partition coefficient (Wildman–Crippen LogP) is -0.231. The van der Waals surface area contributed by atoms with Gasteiger partial charge in [0, 0.05) is 13.5 Å². The van der Waals surface area contributed by atoms with Crippen LogP contribution >= 0.6 is 0 Å². The zero-order valence-electron chi connectivity index (χ0n) is 12.0. The van der Waals surface area contributed by atoms with Crippen molar-refractivity contribution in [3.05, 3.63) is 35.9 Å². The molecule has 0 saturated carbocycles. The van der Waals surface area contributed by atoms with Gasteiger partial charge in [0.15, 0.2) is 6.10 Å². The molecule has 0 fully saturated rings. The molecule has 4 N–H and O–H groups in total. The Balaban J connectivity index is 2.64. The second kappa shape index (κ2) is 7.99. The van der Waals surface area contributed by atoms with Crippen LogP contribution in [0.15, 0.2) is 30.3 Å². The topological polar surface area (TPSA) is 127 Å². The number of hydrogen-bond donors (Lipinski definition) is 4. The largest absolute Gasteiger partial charge is 0.480 e. The molecule has 1 aromatic carbocycles. The monoisotopic (exact) mass is 310 g/mol. The average molecular weight is 310 g/mol. The van der Waals surface area contributed by atoms with Crippen molar-refractivity contribution in [1.29, 1.82) is 0 Å². The first-order chi connectivity index (χ1) is 10.3. The normalized spacial score (nSPS) is 13.0. The minimum Gasteiger partial charge on any atom is -0.480 e. The Bertz CT molecular complexity index is 533. The van der Waals surface area contributed by atoms with Crippen LogP contribution in [0.3, 0.4) is 0 Å². The molecule has 2 amide bonds. The third-order valence-electron chi connectivity index (χ3n) is 2.96. The molecular weight excluding hydrogens is 292 g/mol. The number of urea groups is 1. The van der Waals surface area contributed by atoms with Crippen LogP contribution < -0.4 is 5.32 Å². The van der Waals surface area contributed by atoms with Crippen molar-refractivity contribution in [2.45, 2.75) is 18.6 Å². The molecule has 120 valence electrons. The minimum absolute atomic E-state index is 0.0945. The highest BCUT2D eigenvalue weighted by atomic mass is 16.4. The fraction of sp³-hybridized carbons (Fsp3) is 0.357. The van der Waals surface area contributed by atoms with E-state index in [9.17, 15) is 19.5 Å². The van der Waals surface area contributed by atoms with E-state index in [1.807, 2.05) is 0 Å². The Kier molecular flexibility index (Phi) is 6.33. The Morgan fingerprint density at radius 2 is 1.73 bits per heavy atom. The molecular formula is C14H18N2O6. The van der Waals surface area contributed by atoms with E-state index in [1.165, 1.54) is 7.05 Å². The molecule has 0 heterocycles. The quantitative estimate of drug-likeness (QED) is 0.551. The van der Waals surface area contributed by atoms with Crippen molar-refractivity contribution in [2.75, 3.05) is 13.6 Å². The molecule has 0 aliphatic rings. The van der Waals surface area contributed by atoms with E-state index in [-0.39, 0.29) is 6.42 Å².